The fraction of sp³-hybridized carbons (Fsp3) is 0.533. The maximum Gasteiger partial charge on any atom is 0.255 e. The van der Waals surface area contributed by atoms with Crippen LogP contribution in [-0.4, -0.2) is 17.6 Å². The van der Waals surface area contributed by atoms with Crippen molar-refractivity contribution in [3.05, 3.63) is 29.8 Å². The highest BCUT2D eigenvalue weighted by atomic mass is 16.3. The summed E-state index contributed by atoms with van der Waals surface area (Å²) >= 11 is 0. The van der Waals surface area contributed by atoms with Gasteiger partial charge < -0.3 is 10.4 Å². The van der Waals surface area contributed by atoms with E-state index in [1.54, 1.807) is 18.2 Å². The van der Waals surface area contributed by atoms with Gasteiger partial charge in [0, 0.05) is 6.54 Å². The zero-order chi connectivity index (χ0) is 13.6. The van der Waals surface area contributed by atoms with Crippen molar-refractivity contribution in [2.75, 3.05) is 6.54 Å². The predicted octanol–water partition coefficient (Wildman–Crippen LogP) is 2.80. The molecule has 0 saturated heterocycles. The van der Waals surface area contributed by atoms with Crippen LogP contribution < -0.4 is 5.32 Å². The largest absolute Gasteiger partial charge is 0.507 e. The Bertz CT molecular complexity index is 463. The molecule has 1 aromatic carbocycles. The van der Waals surface area contributed by atoms with E-state index in [0.29, 0.717) is 18.0 Å². The first kappa shape index (κ1) is 12.9. The van der Waals surface area contributed by atoms with Crippen LogP contribution in [0.5, 0.6) is 5.75 Å². The molecule has 0 unspecified atom stereocenters. The molecule has 1 aromatic rings. The molecule has 0 spiro atoms. The highest BCUT2D eigenvalue weighted by Gasteiger charge is 2.64. The summed E-state index contributed by atoms with van der Waals surface area (Å²) < 4.78 is 0. The van der Waals surface area contributed by atoms with E-state index in [9.17, 15) is 9.90 Å². The summed E-state index contributed by atoms with van der Waals surface area (Å²) in [5.41, 5.74) is 0.867. The number of phenols is 1. The average Bonchev–Trinajstić information content (AvgIpc) is 2.67. The van der Waals surface area contributed by atoms with E-state index < -0.39 is 0 Å². The van der Waals surface area contributed by atoms with Crippen molar-refractivity contribution in [1.29, 1.82) is 0 Å². The van der Waals surface area contributed by atoms with Crippen LogP contribution in [0.15, 0.2) is 24.3 Å². The molecule has 1 fully saturated rings. The summed E-state index contributed by atoms with van der Waals surface area (Å²) in [6.45, 7) is 9.56. The Morgan fingerprint density at radius 3 is 2.28 bits per heavy atom. The van der Waals surface area contributed by atoms with E-state index in [2.05, 4.69) is 33.0 Å². The predicted molar refractivity (Wildman–Crippen MR) is 71.5 cm³/mol. The molecular formula is C15H21NO2. The number of hydrogen-bond acceptors (Lipinski definition) is 2. The number of rotatable bonds is 3. The second-order valence-electron chi connectivity index (χ2n) is 6.22. The van der Waals surface area contributed by atoms with E-state index in [1.165, 1.54) is 6.07 Å². The summed E-state index contributed by atoms with van der Waals surface area (Å²) in [4.78, 5) is 11.9. The first-order chi connectivity index (χ1) is 8.28. The summed E-state index contributed by atoms with van der Waals surface area (Å²) in [6.07, 6.45) is 0. The van der Waals surface area contributed by atoms with Gasteiger partial charge in [-0.15, -0.1) is 0 Å². The highest BCUT2D eigenvalue weighted by molar-refractivity contribution is 5.96. The number of hydrogen-bond donors (Lipinski definition) is 2. The van der Waals surface area contributed by atoms with Crippen LogP contribution in [0.3, 0.4) is 0 Å². The van der Waals surface area contributed by atoms with Crippen molar-refractivity contribution >= 4 is 5.91 Å². The van der Waals surface area contributed by atoms with Crippen molar-refractivity contribution in [1.82, 2.24) is 5.32 Å². The number of phenolic OH excluding ortho intramolecular Hbond substituents is 1. The number of nitrogens with one attached hydrogen (secondary N) is 1. The van der Waals surface area contributed by atoms with Crippen molar-refractivity contribution < 1.29 is 9.90 Å². The van der Waals surface area contributed by atoms with Crippen LogP contribution in [0.2, 0.25) is 0 Å². The Hall–Kier alpha value is -1.51. The first-order valence-electron chi connectivity index (χ1n) is 6.34. The molecule has 98 valence electrons. The molecule has 1 aliphatic carbocycles. The highest BCUT2D eigenvalue weighted by Crippen LogP contribution is 2.67. The molecular weight excluding hydrogens is 226 g/mol. The van der Waals surface area contributed by atoms with Crippen molar-refractivity contribution in [3.63, 3.8) is 0 Å². The molecule has 0 heterocycles. The third kappa shape index (κ3) is 1.88. The lowest BCUT2D eigenvalue weighted by molar-refractivity contribution is 0.0947. The van der Waals surface area contributed by atoms with Gasteiger partial charge in [-0.1, -0.05) is 39.8 Å². The fourth-order valence-corrected chi connectivity index (χ4v) is 2.80. The van der Waals surface area contributed by atoms with Crippen LogP contribution in [0.4, 0.5) is 0 Å². The zero-order valence-electron chi connectivity index (χ0n) is 11.4. The van der Waals surface area contributed by atoms with Gasteiger partial charge in [-0.05, 0) is 28.9 Å². The molecule has 0 aliphatic heterocycles. The number of para-hydroxylation sites is 1. The van der Waals surface area contributed by atoms with Gasteiger partial charge >= 0.3 is 0 Å². The molecule has 0 atom stereocenters. The second-order valence-corrected chi connectivity index (χ2v) is 6.22. The van der Waals surface area contributed by atoms with Gasteiger partial charge in [-0.3, -0.25) is 4.79 Å². The molecule has 1 amide bonds. The van der Waals surface area contributed by atoms with Crippen molar-refractivity contribution in [2.24, 2.45) is 16.7 Å². The minimum absolute atomic E-state index is 0.0318. The van der Waals surface area contributed by atoms with Gasteiger partial charge in [0.15, 0.2) is 0 Å². The number of carbonyl (C=O) groups excluding carboxylic acids is 1. The quantitative estimate of drug-likeness (QED) is 0.863. The SMILES string of the molecule is CC1(C)C(CNC(=O)c2ccccc2O)C1(C)C. The summed E-state index contributed by atoms with van der Waals surface area (Å²) in [7, 11) is 0. The molecule has 3 heteroatoms. The van der Waals surface area contributed by atoms with Crippen LogP contribution in [0, 0.1) is 16.7 Å². The van der Waals surface area contributed by atoms with E-state index in [1.807, 2.05) is 0 Å². The van der Waals surface area contributed by atoms with E-state index >= 15 is 0 Å². The molecule has 0 aromatic heterocycles. The van der Waals surface area contributed by atoms with Gasteiger partial charge in [0.2, 0.25) is 0 Å². The summed E-state index contributed by atoms with van der Waals surface area (Å²) in [5.74, 6) is 0.315. The van der Waals surface area contributed by atoms with Crippen molar-refractivity contribution in [2.45, 2.75) is 27.7 Å². The fourth-order valence-electron chi connectivity index (χ4n) is 2.80. The van der Waals surface area contributed by atoms with Gasteiger partial charge in [-0.2, -0.15) is 0 Å². The van der Waals surface area contributed by atoms with Crippen LogP contribution in [0.25, 0.3) is 0 Å². The second kappa shape index (κ2) is 4.01. The monoisotopic (exact) mass is 247 g/mol. The topological polar surface area (TPSA) is 49.3 Å². The summed E-state index contributed by atoms with van der Waals surface area (Å²) in [6, 6.07) is 6.62. The minimum Gasteiger partial charge on any atom is -0.507 e. The summed E-state index contributed by atoms with van der Waals surface area (Å²) in [5, 5.41) is 12.5. The lowest BCUT2D eigenvalue weighted by Crippen LogP contribution is -2.27. The first-order valence-corrected chi connectivity index (χ1v) is 6.34. The molecule has 0 bridgehead atoms. The van der Waals surface area contributed by atoms with E-state index in [-0.39, 0.29) is 22.5 Å². The van der Waals surface area contributed by atoms with Gasteiger partial charge in [-0.25, -0.2) is 0 Å². The van der Waals surface area contributed by atoms with Gasteiger partial charge in [0.05, 0.1) is 5.56 Å². The Morgan fingerprint density at radius 2 is 1.78 bits per heavy atom. The van der Waals surface area contributed by atoms with E-state index in [0.717, 1.165) is 0 Å². The molecule has 2 rings (SSSR count). The molecule has 2 N–H and O–H groups in total. The third-order valence-corrected chi connectivity index (χ3v) is 4.94. The van der Waals surface area contributed by atoms with E-state index in [4.69, 9.17) is 0 Å². The minimum atomic E-state index is -0.202. The smallest absolute Gasteiger partial charge is 0.255 e. The van der Waals surface area contributed by atoms with Crippen LogP contribution in [0.1, 0.15) is 38.1 Å². The number of aromatic hydroxyl groups is 1. The molecule has 18 heavy (non-hydrogen) atoms. The van der Waals surface area contributed by atoms with Crippen LogP contribution in [-0.2, 0) is 0 Å². The lowest BCUT2D eigenvalue weighted by Gasteiger charge is -2.07. The van der Waals surface area contributed by atoms with Gasteiger partial charge in [0.25, 0.3) is 5.91 Å². The maximum atomic E-state index is 11.9. The lowest BCUT2D eigenvalue weighted by atomic mass is 10.0. The maximum absolute atomic E-state index is 11.9. The molecule has 1 aliphatic rings. The Labute approximate surface area is 108 Å². The Morgan fingerprint density at radius 1 is 1.22 bits per heavy atom. The van der Waals surface area contributed by atoms with Crippen LogP contribution >= 0.6 is 0 Å². The average molecular weight is 247 g/mol. The van der Waals surface area contributed by atoms with Crippen molar-refractivity contribution in [3.8, 4) is 5.75 Å². The Balaban J connectivity index is 1.97. The molecule has 3 nitrogen and oxygen atoms in total. The normalized spacial score (nSPS) is 20.4. The standard InChI is InChI=1S/C15H21NO2/c1-14(2)12(15(14,3)4)9-16-13(18)10-7-5-6-8-11(10)17/h5-8,12,17H,9H2,1-4H3,(H,16,18). The number of carbonyl (C=O) groups is 1. The Kier molecular flexibility index (Phi) is 2.88. The number of benzene rings is 1. The molecule has 0 radical (unpaired) electrons. The van der Waals surface area contributed by atoms with Gasteiger partial charge in [0.1, 0.15) is 5.75 Å². The molecule has 1 saturated carbocycles. The zero-order valence-corrected chi connectivity index (χ0v) is 11.4. The third-order valence-electron chi connectivity index (χ3n) is 4.94. The number of amides is 1.